The topological polar surface area (TPSA) is 88.9 Å². The molecule has 0 saturated carbocycles. The number of carbonyl (C=O) groups is 2. The van der Waals surface area contributed by atoms with Crippen molar-refractivity contribution in [1.82, 2.24) is 15.0 Å². The van der Waals surface area contributed by atoms with Crippen LogP contribution in [-0.4, -0.2) is 26.8 Å². The number of aryl methyl sites for hydroxylation is 1. The number of halogens is 2. The van der Waals surface area contributed by atoms with Crippen molar-refractivity contribution in [3.8, 4) is 0 Å². The second-order valence-corrected chi connectivity index (χ2v) is 7.41. The number of nitrogens with zero attached hydrogens (tertiary/aromatic N) is 3. The smallest absolute Gasteiger partial charge is 0.278 e. The summed E-state index contributed by atoms with van der Waals surface area (Å²) < 4.78 is 2.14. The van der Waals surface area contributed by atoms with Crippen LogP contribution in [0.5, 0.6) is 0 Å². The quantitative estimate of drug-likeness (QED) is 0.595. The van der Waals surface area contributed by atoms with Gasteiger partial charge in [-0.2, -0.15) is 0 Å². The van der Waals surface area contributed by atoms with Crippen molar-refractivity contribution in [3.63, 3.8) is 0 Å². The Labute approximate surface area is 175 Å². The first kappa shape index (κ1) is 20.0. The number of hydrogen-bond acceptors (Lipinski definition) is 4. The summed E-state index contributed by atoms with van der Waals surface area (Å²) in [5.74, 6) is -0.728. The maximum Gasteiger partial charge on any atom is 0.278 e. The van der Waals surface area contributed by atoms with Crippen molar-refractivity contribution in [1.29, 1.82) is 0 Å². The van der Waals surface area contributed by atoms with Gasteiger partial charge in [-0.1, -0.05) is 35.0 Å². The fraction of sp³-hybridized carbons (Fsp3) is 0.158. The molecule has 1 aromatic heterocycles. The summed E-state index contributed by atoms with van der Waals surface area (Å²) in [7, 11) is 0. The molecular formula is C19H17BrClN5O2. The highest BCUT2D eigenvalue weighted by Crippen LogP contribution is 2.24. The molecule has 0 unspecified atom stereocenters. The number of benzene rings is 2. The van der Waals surface area contributed by atoms with E-state index in [1.54, 1.807) is 25.1 Å². The first-order valence-corrected chi connectivity index (χ1v) is 9.54. The zero-order valence-electron chi connectivity index (χ0n) is 15.2. The molecule has 3 aromatic rings. The highest BCUT2D eigenvalue weighted by Gasteiger charge is 2.19. The van der Waals surface area contributed by atoms with Gasteiger partial charge in [0.15, 0.2) is 5.69 Å². The maximum absolute atomic E-state index is 12.5. The predicted octanol–water partition coefficient (Wildman–Crippen LogP) is 4.20. The van der Waals surface area contributed by atoms with E-state index in [4.69, 9.17) is 11.6 Å². The summed E-state index contributed by atoms with van der Waals surface area (Å²) in [5, 5.41) is 13.8. The highest BCUT2D eigenvalue weighted by atomic mass is 79.9. The van der Waals surface area contributed by atoms with E-state index in [2.05, 4.69) is 36.9 Å². The SMILES string of the molecule is Cc1ccc(NC(=O)c2nnn(CC(=O)Nc3ccccc3Br)c2C)c(Cl)c1. The molecule has 0 aliphatic carbocycles. The van der Waals surface area contributed by atoms with Crippen LogP contribution in [-0.2, 0) is 11.3 Å². The third-order valence-corrected chi connectivity index (χ3v) is 5.02. The number of carbonyl (C=O) groups excluding carboxylic acids is 2. The minimum atomic E-state index is -0.444. The van der Waals surface area contributed by atoms with Crippen LogP contribution in [0.3, 0.4) is 0 Å². The number of amides is 2. The molecule has 9 heteroatoms. The summed E-state index contributed by atoms with van der Waals surface area (Å²) in [4.78, 5) is 24.8. The molecular weight excluding hydrogens is 446 g/mol. The first-order valence-electron chi connectivity index (χ1n) is 8.37. The van der Waals surface area contributed by atoms with Gasteiger partial charge in [-0.3, -0.25) is 9.59 Å². The lowest BCUT2D eigenvalue weighted by molar-refractivity contribution is -0.117. The summed E-state index contributed by atoms with van der Waals surface area (Å²) in [6, 6.07) is 12.6. The fourth-order valence-electron chi connectivity index (χ4n) is 2.51. The van der Waals surface area contributed by atoms with Gasteiger partial charge in [0.1, 0.15) is 6.54 Å². The maximum atomic E-state index is 12.5. The van der Waals surface area contributed by atoms with E-state index in [0.717, 1.165) is 10.0 Å². The van der Waals surface area contributed by atoms with Crippen LogP contribution < -0.4 is 10.6 Å². The van der Waals surface area contributed by atoms with Crippen LogP contribution in [0.15, 0.2) is 46.9 Å². The monoisotopic (exact) mass is 461 g/mol. The molecule has 2 amide bonds. The number of rotatable bonds is 5. The molecule has 2 aromatic carbocycles. The van der Waals surface area contributed by atoms with Gasteiger partial charge in [0.25, 0.3) is 5.91 Å². The predicted molar refractivity (Wildman–Crippen MR) is 112 cm³/mol. The second-order valence-electron chi connectivity index (χ2n) is 6.15. The van der Waals surface area contributed by atoms with Gasteiger partial charge in [0, 0.05) is 4.47 Å². The minimum absolute atomic E-state index is 0.0707. The minimum Gasteiger partial charge on any atom is -0.323 e. The normalized spacial score (nSPS) is 10.6. The zero-order valence-corrected chi connectivity index (χ0v) is 17.5. The summed E-state index contributed by atoms with van der Waals surface area (Å²) in [6.07, 6.45) is 0. The molecule has 0 aliphatic rings. The Bertz CT molecular complexity index is 1050. The Kier molecular flexibility index (Phi) is 6.11. The van der Waals surface area contributed by atoms with Gasteiger partial charge in [0.05, 0.1) is 22.1 Å². The lowest BCUT2D eigenvalue weighted by Gasteiger charge is -2.08. The van der Waals surface area contributed by atoms with E-state index in [9.17, 15) is 9.59 Å². The first-order chi connectivity index (χ1) is 13.3. The molecule has 2 N–H and O–H groups in total. The molecule has 1 heterocycles. The van der Waals surface area contributed by atoms with Crippen molar-refractivity contribution in [2.75, 3.05) is 10.6 Å². The number of anilines is 2. The van der Waals surface area contributed by atoms with E-state index < -0.39 is 5.91 Å². The van der Waals surface area contributed by atoms with Gasteiger partial charge in [-0.25, -0.2) is 4.68 Å². The standard InChI is InChI=1S/C19H17BrClN5O2/c1-11-7-8-16(14(21)9-11)23-19(28)18-12(2)26(25-24-18)10-17(27)22-15-6-4-3-5-13(15)20/h3-9H,10H2,1-2H3,(H,22,27)(H,23,28). The third kappa shape index (κ3) is 4.58. The molecule has 0 saturated heterocycles. The zero-order chi connectivity index (χ0) is 20.3. The molecule has 0 atom stereocenters. The van der Waals surface area contributed by atoms with Gasteiger partial charge >= 0.3 is 0 Å². The Balaban J connectivity index is 1.70. The van der Waals surface area contributed by atoms with Crippen molar-refractivity contribution >= 4 is 50.7 Å². The highest BCUT2D eigenvalue weighted by molar-refractivity contribution is 9.10. The van der Waals surface area contributed by atoms with Crippen molar-refractivity contribution in [2.45, 2.75) is 20.4 Å². The molecule has 0 fully saturated rings. The van der Waals surface area contributed by atoms with Crippen LogP contribution in [0.25, 0.3) is 0 Å². The average Bonchev–Trinajstić information content (AvgIpc) is 3.00. The van der Waals surface area contributed by atoms with Crippen molar-refractivity contribution in [2.24, 2.45) is 0 Å². The van der Waals surface area contributed by atoms with Crippen LogP contribution in [0.1, 0.15) is 21.7 Å². The number of aromatic nitrogens is 3. The summed E-state index contributed by atoms with van der Waals surface area (Å²) in [6.45, 7) is 3.52. The summed E-state index contributed by atoms with van der Waals surface area (Å²) in [5.41, 5.74) is 2.73. The van der Waals surface area contributed by atoms with E-state index in [-0.39, 0.29) is 18.1 Å². The Morgan fingerprint density at radius 2 is 1.86 bits per heavy atom. The third-order valence-electron chi connectivity index (χ3n) is 4.01. The Morgan fingerprint density at radius 1 is 1.11 bits per heavy atom. The molecule has 28 heavy (non-hydrogen) atoms. The van der Waals surface area contributed by atoms with Crippen LogP contribution >= 0.6 is 27.5 Å². The largest absolute Gasteiger partial charge is 0.323 e. The fourth-order valence-corrected chi connectivity index (χ4v) is 3.18. The van der Waals surface area contributed by atoms with Crippen LogP contribution in [0.4, 0.5) is 11.4 Å². The molecule has 0 aliphatic heterocycles. The summed E-state index contributed by atoms with van der Waals surface area (Å²) >= 11 is 9.53. The lowest BCUT2D eigenvalue weighted by atomic mass is 10.2. The number of hydrogen-bond donors (Lipinski definition) is 2. The number of nitrogens with one attached hydrogen (secondary N) is 2. The van der Waals surface area contributed by atoms with E-state index in [1.165, 1.54) is 4.68 Å². The van der Waals surface area contributed by atoms with Gasteiger partial charge in [-0.15, -0.1) is 5.10 Å². The number of para-hydroxylation sites is 1. The average molecular weight is 463 g/mol. The molecule has 0 spiro atoms. The van der Waals surface area contributed by atoms with Gasteiger partial charge < -0.3 is 10.6 Å². The Hall–Kier alpha value is -2.71. The molecule has 0 bridgehead atoms. The van der Waals surface area contributed by atoms with Gasteiger partial charge in [0.2, 0.25) is 5.91 Å². The Morgan fingerprint density at radius 3 is 2.57 bits per heavy atom. The molecule has 144 valence electrons. The van der Waals surface area contributed by atoms with Crippen LogP contribution in [0, 0.1) is 13.8 Å². The van der Waals surface area contributed by atoms with Crippen LogP contribution in [0.2, 0.25) is 5.02 Å². The molecule has 7 nitrogen and oxygen atoms in total. The molecule has 3 rings (SSSR count). The van der Waals surface area contributed by atoms with Gasteiger partial charge in [-0.05, 0) is 59.6 Å². The van der Waals surface area contributed by atoms with E-state index in [0.29, 0.717) is 22.1 Å². The second kappa shape index (κ2) is 8.53. The lowest BCUT2D eigenvalue weighted by Crippen LogP contribution is -2.21. The van der Waals surface area contributed by atoms with E-state index >= 15 is 0 Å². The van der Waals surface area contributed by atoms with Crippen molar-refractivity contribution < 1.29 is 9.59 Å². The van der Waals surface area contributed by atoms with Crippen molar-refractivity contribution in [3.05, 3.63) is 68.9 Å². The molecule has 0 radical (unpaired) electrons. The van der Waals surface area contributed by atoms with E-state index in [1.807, 2.05) is 31.2 Å².